The number of alkyl halides is 3. The molecule has 0 saturated heterocycles. The molecule has 26 heavy (non-hydrogen) atoms. The molecule has 1 N–H and O–H groups in total. The van der Waals surface area contributed by atoms with Crippen molar-refractivity contribution in [2.24, 2.45) is 0 Å². The van der Waals surface area contributed by atoms with Gasteiger partial charge in [0.1, 0.15) is 5.60 Å². The number of benzene rings is 1. The molecule has 2 atom stereocenters. The summed E-state index contributed by atoms with van der Waals surface area (Å²) in [5.41, 5.74) is -3.96. The van der Waals surface area contributed by atoms with Crippen LogP contribution >= 0.6 is 0 Å². The van der Waals surface area contributed by atoms with Crippen LogP contribution in [-0.2, 0) is 26.1 Å². The Balaban J connectivity index is 3.46. The zero-order chi connectivity index (χ0) is 20.4. The Labute approximate surface area is 155 Å². The zero-order valence-corrected chi connectivity index (χ0v) is 16.7. The number of rotatable bonds is 5. The van der Waals surface area contributed by atoms with Gasteiger partial charge in [-0.25, -0.2) is 8.93 Å². The van der Waals surface area contributed by atoms with Crippen LogP contribution in [0.25, 0.3) is 0 Å². The van der Waals surface area contributed by atoms with Crippen LogP contribution in [0.2, 0.25) is 0 Å². The van der Waals surface area contributed by atoms with Crippen molar-refractivity contribution in [1.29, 1.82) is 0 Å². The van der Waals surface area contributed by atoms with Crippen LogP contribution in [0.4, 0.5) is 13.2 Å². The first-order valence-corrected chi connectivity index (χ1v) is 9.27. The molecule has 4 nitrogen and oxygen atoms in total. The van der Waals surface area contributed by atoms with Gasteiger partial charge in [-0.15, -0.1) is 0 Å². The predicted octanol–water partition coefficient (Wildman–Crippen LogP) is 4.23. The molecule has 8 heteroatoms. The van der Waals surface area contributed by atoms with Gasteiger partial charge in [-0.05, 0) is 47.1 Å². The van der Waals surface area contributed by atoms with Crippen LogP contribution in [0.15, 0.2) is 30.3 Å². The fraction of sp³-hybridized carbons (Fsp3) is 0.611. The van der Waals surface area contributed by atoms with Gasteiger partial charge >= 0.3 is 12.1 Å². The van der Waals surface area contributed by atoms with E-state index in [0.717, 1.165) is 0 Å². The van der Waals surface area contributed by atoms with E-state index in [1.807, 2.05) is 0 Å². The Hall–Kier alpha value is -1.41. The van der Waals surface area contributed by atoms with E-state index in [1.54, 1.807) is 47.6 Å². The van der Waals surface area contributed by atoms with Crippen molar-refractivity contribution < 1.29 is 26.9 Å². The highest BCUT2D eigenvalue weighted by molar-refractivity contribution is 7.84. The molecule has 1 aromatic rings. The Morgan fingerprint density at radius 1 is 1.04 bits per heavy atom. The molecule has 0 saturated carbocycles. The minimum absolute atomic E-state index is 0.198. The summed E-state index contributed by atoms with van der Waals surface area (Å²) >= 11 is 0. The minimum atomic E-state index is -4.88. The van der Waals surface area contributed by atoms with Crippen molar-refractivity contribution in [3.63, 3.8) is 0 Å². The van der Waals surface area contributed by atoms with Gasteiger partial charge in [-0.1, -0.05) is 30.3 Å². The van der Waals surface area contributed by atoms with E-state index in [2.05, 4.69) is 4.72 Å². The minimum Gasteiger partial charge on any atom is -0.460 e. The summed E-state index contributed by atoms with van der Waals surface area (Å²) in [5.74, 6) is -1.03. The van der Waals surface area contributed by atoms with Gasteiger partial charge in [-0.2, -0.15) is 13.2 Å². The molecule has 0 fully saturated rings. The predicted molar refractivity (Wildman–Crippen MR) is 95.7 cm³/mol. The van der Waals surface area contributed by atoms with Gasteiger partial charge in [0, 0.05) is 0 Å². The van der Waals surface area contributed by atoms with Crippen LogP contribution < -0.4 is 4.72 Å². The summed E-state index contributed by atoms with van der Waals surface area (Å²) in [6.07, 6.45) is -5.91. The lowest BCUT2D eigenvalue weighted by molar-refractivity contribution is -0.205. The SMILES string of the molecule is CC(C)(C)OC(=O)C[C@@](N[S@@](=O)C(C)(C)C)(c1ccccc1)C(F)(F)F. The third-order valence-electron chi connectivity index (χ3n) is 3.40. The number of hydrogen-bond donors (Lipinski definition) is 1. The Morgan fingerprint density at radius 2 is 1.54 bits per heavy atom. The number of carbonyl (C=O) groups excluding carboxylic acids is 1. The second kappa shape index (κ2) is 7.68. The van der Waals surface area contributed by atoms with Gasteiger partial charge in [0.2, 0.25) is 0 Å². The molecule has 0 amide bonds. The maximum absolute atomic E-state index is 14.2. The van der Waals surface area contributed by atoms with E-state index in [-0.39, 0.29) is 5.56 Å². The van der Waals surface area contributed by atoms with E-state index in [1.165, 1.54) is 24.3 Å². The second-order valence-corrected chi connectivity index (χ2v) is 9.98. The molecule has 148 valence electrons. The molecule has 0 aromatic heterocycles. The summed E-state index contributed by atoms with van der Waals surface area (Å²) < 4.78 is 61.4. The van der Waals surface area contributed by atoms with Gasteiger partial charge in [0.05, 0.1) is 22.2 Å². The first kappa shape index (κ1) is 22.6. The normalized spacial score (nSPS) is 16.7. The Bertz CT molecular complexity index is 648. The van der Waals surface area contributed by atoms with E-state index in [0.29, 0.717) is 0 Å². The zero-order valence-electron chi connectivity index (χ0n) is 15.9. The van der Waals surface area contributed by atoms with E-state index >= 15 is 0 Å². The van der Waals surface area contributed by atoms with Crippen LogP contribution in [0.1, 0.15) is 53.5 Å². The summed E-state index contributed by atoms with van der Waals surface area (Å²) in [5, 5.41) is 0. The first-order chi connectivity index (χ1) is 11.6. The number of esters is 1. The smallest absolute Gasteiger partial charge is 0.412 e. The Kier molecular flexibility index (Phi) is 6.69. The topological polar surface area (TPSA) is 55.4 Å². The molecule has 0 unspecified atom stereocenters. The monoisotopic (exact) mass is 393 g/mol. The molecule has 0 aliphatic carbocycles. The largest absolute Gasteiger partial charge is 0.460 e. The maximum atomic E-state index is 14.2. The first-order valence-electron chi connectivity index (χ1n) is 8.12. The highest BCUT2D eigenvalue weighted by Gasteiger charge is 2.59. The molecule has 0 spiro atoms. The number of nitrogens with one attached hydrogen (secondary N) is 1. The van der Waals surface area contributed by atoms with E-state index in [4.69, 9.17) is 4.74 Å². The van der Waals surface area contributed by atoms with Gasteiger partial charge in [-0.3, -0.25) is 4.79 Å². The van der Waals surface area contributed by atoms with E-state index in [9.17, 15) is 22.2 Å². The average Bonchev–Trinajstić information content (AvgIpc) is 2.43. The summed E-state index contributed by atoms with van der Waals surface area (Å²) in [6, 6.07) is 6.95. The van der Waals surface area contributed by atoms with Crippen molar-refractivity contribution in [2.75, 3.05) is 0 Å². The molecule has 0 aliphatic rings. The number of ether oxygens (including phenoxy) is 1. The fourth-order valence-corrected chi connectivity index (χ4v) is 3.08. The Morgan fingerprint density at radius 3 is 1.92 bits per heavy atom. The molecule has 0 radical (unpaired) electrons. The summed E-state index contributed by atoms with van der Waals surface area (Å²) in [7, 11) is -2.07. The molecule has 0 bridgehead atoms. The van der Waals surface area contributed by atoms with Gasteiger partial charge in [0.25, 0.3) is 0 Å². The van der Waals surface area contributed by atoms with Gasteiger partial charge in [0.15, 0.2) is 5.54 Å². The van der Waals surface area contributed by atoms with Crippen LogP contribution in [-0.4, -0.2) is 26.7 Å². The lowest BCUT2D eigenvalue weighted by Crippen LogP contribution is -2.58. The molecule has 1 aromatic carbocycles. The van der Waals surface area contributed by atoms with E-state index < -0.39 is 45.4 Å². The van der Waals surface area contributed by atoms with Crippen molar-refractivity contribution in [3.05, 3.63) is 35.9 Å². The number of carbonyl (C=O) groups is 1. The van der Waals surface area contributed by atoms with Crippen molar-refractivity contribution in [1.82, 2.24) is 4.72 Å². The number of hydrogen-bond acceptors (Lipinski definition) is 3. The summed E-state index contributed by atoms with van der Waals surface area (Å²) in [4.78, 5) is 12.3. The average molecular weight is 393 g/mol. The number of halogens is 3. The summed E-state index contributed by atoms with van der Waals surface area (Å²) in [6.45, 7) is 9.37. The standard InChI is InChI=1S/C18H26F3NO3S/c1-15(2,3)25-14(23)12-17(18(19,20)21,13-10-8-7-9-11-13)22-26(24)16(4,5)6/h7-11,22H,12H2,1-6H3/t17-,26+/m1/s1. The maximum Gasteiger partial charge on any atom is 0.412 e. The molecule has 0 heterocycles. The molecule has 1 rings (SSSR count). The van der Waals surface area contributed by atoms with Crippen LogP contribution in [0, 0.1) is 0 Å². The third-order valence-corrected chi connectivity index (χ3v) is 5.05. The lowest BCUT2D eigenvalue weighted by Gasteiger charge is -2.38. The molecular formula is C18H26F3NO3S. The highest BCUT2D eigenvalue weighted by atomic mass is 32.2. The van der Waals surface area contributed by atoms with Crippen LogP contribution in [0.5, 0.6) is 0 Å². The van der Waals surface area contributed by atoms with Crippen molar-refractivity contribution >= 4 is 17.0 Å². The van der Waals surface area contributed by atoms with Crippen LogP contribution in [0.3, 0.4) is 0 Å². The second-order valence-electron chi connectivity index (χ2n) is 8.02. The molecule has 0 aliphatic heterocycles. The van der Waals surface area contributed by atoms with Crippen molar-refractivity contribution in [3.8, 4) is 0 Å². The third kappa shape index (κ3) is 5.81. The quantitative estimate of drug-likeness (QED) is 0.762. The van der Waals surface area contributed by atoms with Crippen molar-refractivity contribution in [2.45, 2.75) is 70.0 Å². The fourth-order valence-electron chi connectivity index (χ4n) is 2.15. The lowest BCUT2D eigenvalue weighted by atomic mass is 9.87. The highest BCUT2D eigenvalue weighted by Crippen LogP contribution is 2.43. The van der Waals surface area contributed by atoms with Gasteiger partial charge < -0.3 is 4.74 Å². The molecular weight excluding hydrogens is 367 g/mol.